The van der Waals surface area contributed by atoms with E-state index in [0.717, 1.165) is 0 Å². The summed E-state index contributed by atoms with van der Waals surface area (Å²) < 4.78 is 13.5. The van der Waals surface area contributed by atoms with Crippen molar-refractivity contribution in [2.24, 2.45) is 0 Å². The molecule has 0 aliphatic heterocycles. The number of hydrogen-bond donors (Lipinski definition) is 1. The Labute approximate surface area is 84.5 Å². The minimum absolute atomic E-state index is 0.0524. The summed E-state index contributed by atoms with van der Waals surface area (Å²) in [6, 6.07) is 4.62. The molecule has 78 valence electrons. The highest BCUT2D eigenvalue weighted by molar-refractivity contribution is 5.75. The summed E-state index contributed by atoms with van der Waals surface area (Å²) in [6.07, 6.45) is 0. The predicted octanol–water partition coefficient (Wildman–Crippen LogP) is 0.930. The van der Waals surface area contributed by atoms with E-state index in [1.54, 1.807) is 12.1 Å². The van der Waals surface area contributed by atoms with Gasteiger partial charge in [-0.3, -0.25) is 4.79 Å². The standard InChI is InChI=1S/C10H9FN2O2/c1-6-10(15)13(11)9-4-7(5-14)2-3-8(9)12-6/h2-4,14H,5H2,1H3. The SMILES string of the molecule is Cc1nc2ccc(CO)cc2n(F)c1=O. The van der Waals surface area contributed by atoms with Crippen molar-refractivity contribution in [3.63, 3.8) is 0 Å². The number of aliphatic hydroxyl groups is 1. The highest BCUT2D eigenvalue weighted by Crippen LogP contribution is 2.13. The number of benzene rings is 1. The summed E-state index contributed by atoms with van der Waals surface area (Å²) in [5.74, 6) is 0. The zero-order valence-corrected chi connectivity index (χ0v) is 8.07. The lowest BCUT2D eigenvalue weighted by Crippen LogP contribution is -2.18. The molecule has 5 heteroatoms. The molecule has 0 aliphatic carbocycles. The summed E-state index contributed by atoms with van der Waals surface area (Å²) in [5, 5.41) is 8.88. The lowest BCUT2D eigenvalue weighted by atomic mass is 10.2. The molecule has 0 atom stereocenters. The van der Waals surface area contributed by atoms with E-state index in [1.165, 1.54) is 13.0 Å². The van der Waals surface area contributed by atoms with Gasteiger partial charge in [0.15, 0.2) is 0 Å². The molecule has 0 spiro atoms. The fourth-order valence-corrected chi connectivity index (χ4v) is 1.40. The molecule has 1 N–H and O–H groups in total. The molecular formula is C10H9FN2O2. The third-order valence-corrected chi connectivity index (χ3v) is 2.21. The molecule has 0 amide bonds. The normalized spacial score (nSPS) is 10.9. The highest BCUT2D eigenvalue weighted by atomic mass is 19.2. The van der Waals surface area contributed by atoms with Crippen LogP contribution >= 0.6 is 0 Å². The van der Waals surface area contributed by atoms with Gasteiger partial charge in [0.1, 0.15) is 11.2 Å². The average molecular weight is 208 g/mol. The minimum atomic E-state index is -0.766. The smallest absolute Gasteiger partial charge is 0.300 e. The van der Waals surface area contributed by atoms with Gasteiger partial charge in [0, 0.05) is 0 Å². The zero-order valence-electron chi connectivity index (χ0n) is 8.07. The molecule has 1 aromatic carbocycles. The summed E-state index contributed by atoms with van der Waals surface area (Å²) in [7, 11) is 0. The third kappa shape index (κ3) is 1.50. The number of nitrogens with zero attached hydrogens (tertiary/aromatic N) is 2. The van der Waals surface area contributed by atoms with Crippen LogP contribution in [0.3, 0.4) is 0 Å². The van der Waals surface area contributed by atoms with Crippen molar-refractivity contribution in [3.05, 3.63) is 39.8 Å². The summed E-state index contributed by atoms with van der Waals surface area (Å²) in [4.78, 5) is 15.3. The number of aromatic nitrogens is 2. The van der Waals surface area contributed by atoms with E-state index in [-0.39, 0.29) is 22.6 Å². The van der Waals surface area contributed by atoms with Gasteiger partial charge in [0.05, 0.1) is 12.1 Å². The van der Waals surface area contributed by atoms with Gasteiger partial charge in [-0.1, -0.05) is 10.5 Å². The molecule has 2 rings (SSSR count). The van der Waals surface area contributed by atoms with E-state index in [4.69, 9.17) is 5.11 Å². The molecular weight excluding hydrogens is 199 g/mol. The number of fused-ring (bicyclic) bond motifs is 1. The van der Waals surface area contributed by atoms with Crippen LogP contribution in [0.25, 0.3) is 11.0 Å². The Kier molecular flexibility index (Phi) is 2.24. The van der Waals surface area contributed by atoms with Gasteiger partial charge in [-0.25, -0.2) is 4.98 Å². The van der Waals surface area contributed by atoms with Gasteiger partial charge in [-0.05, 0) is 24.6 Å². The lowest BCUT2D eigenvalue weighted by molar-refractivity contribution is 0.281. The molecule has 0 fully saturated rings. The molecule has 4 nitrogen and oxygen atoms in total. The molecule has 0 unspecified atom stereocenters. The van der Waals surface area contributed by atoms with E-state index in [0.29, 0.717) is 11.1 Å². The topological polar surface area (TPSA) is 55.1 Å². The Morgan fingerprint density at radius 1 is 1.53 bits per heavy atom. The molecule has 0 aliphatic rings. The first-order valence-corrected chi connectivity index (χ1v) is 4.43. The lowest BCUT2D eigenvalue weighted by Gasteiger charge is -2.03. The summed E-state index contributed by atoms with van der Waals surface area (Å²) in [6.45, 7) is 1.26. The van der Waals surface area contributed by atoms with Crippen LogP contribution in [0.2, 0.25) is 0 Å². The molecule has 0 radical (unpaired) electrons. The van der Waals surface area contributed by atoms with Crippen LogP contribution < -0.4 is 5.56 Å². The molecule has 1 aromatic heterocycles. The molecule has 2 aromatic rings. The maximum atomic E-state index is 13.5. The van der Waals surface area contributed by atoms with Crippen LogP contribution in [0.15, 0.2) is 23.0 Å². The average Bonchev–Trinajstić information content (AvgIpc) is 2.26. The molecule has 0 saturated carbocycles. The van der Waals surface area contributed by atoms with Gasteiger partial charge in [-0.2, -0.15) is 0 Å². The first-order valence-electron chi connectivity index (χ1n) is 4.43. The quantitative estimate of drug-likeness (QED) is 0.758. The Hall–Kier alpha value is -1.75. The van der Waals surface area contributed by atoms with E-state index < -0.39 is 5.56 Å². The molecule has 1 heterocycles. The number of aryl methyl sites for hydroxylation is 1. The van der Waals surface area contributed by atoms with Crippen LogP contribution in [0.4, 0.5) is 4.48 Å². The zero-order chi connectivity index (χ0) is 11.0. The van der Waals surface area contributed by atoms with Crippen molar-refractivity contribution in [1.29, 1.82) is 0 Å². The van der Waals surface area contributed by atoms with Gasteiger partial charge in [0.25, 0.3) is 5.56 Å². The Morgan fingerprint density at radius 3 is 2.93 bits per heavy atom. The van der Waals surface area contributed by atoms with Crippen LogP contribution in [-0.4, -0.2) is 14.9 Å². The third-order valence-electron chi connectivity index (χ3n) is 2.21. The summed E-state index contributed by atoms with van der Waals surface area (Å²) >= 11 is 0. The van der Waals surface area contributed by atoms with Crippen molar-refractivity contribution in [2.45, 2.75) is 13.5 Å². The number of aliphatic hydroxyl groups excluding tert-OH is 1. The monoisotopic (exact) mass is 208 g/mol. The fourth-order valence-electron chi connectivity index (χ4n) is 1.40. The Balaban J connectivity index is 2.88. The van der Waals surface area contributed by atoms with Crippen molar-refractivity contribution >= 4 is 11.0 Å². The van der Waals surface area contributed by atoms with Crippen molar-refractivity contribution in [3.8, 4) is 0 Å². The first kappa shape index (κ1) is 9.79. The van der Waals surface area contributed by atoms with Gasteiger partial charge < -0.3 is 5.11 Å². The van der Waals surface area contributed by atoms with Crippen LogP contribution in [0.1, 0.15) is 11.3 Å². The van der Waals surface area contributed by atoms with Crippen molar-refractivity contribution < 1.29 is 9.59 Å². The molecule has 0 bridgehead atoms. The first-order chi connectivity index (χ1) is 7.13. The van der Waals surface area contributed by atoms with Gasteiger partial charge >= 0.3 is 0 Å². The minimum Gasteiger partial charge on any atom is -0.392 e. The molecule has 15 heavy (non-hydrogen) atoms. The van der Waals surface area contributed by atoms with E-state index in [9.17, 15) is 9.28 Å². The highest BCUT2D eigenvalue weighted by Gasteiger charge is 2.07. The van der Waals surface area contributed by atoms with Crippen LogP contribution in [-0.2, 0) is 6.61 Å². The van der Waals surface area contributed by atoms with Crippen molar-refractivity contribution in [1.82, 2.24) is 9.77 Å². The second kappa shape index (κ2) is 3.43. The van der Waals surface area contributed by atoms with E-state index in [2.05, 4.69) is 4.98 Å². The predicted molar refractivity (Wildman–Crippen MR) is 53.2 cm³/mol. The summed E-state index contributed by atoms with van der Waals surface area (Å²) in [5.41, 5.74) is 0.363. The maximum absolute atomic E-state index is 13.5. The fraction of sp³-hybridized carbons (Fsp3) is 0.200. The number of hydrogen-bond acceptors (Lipinski definition) is 3. The second-order valence-electron chi connectivity index (χ2n) is 3.26. The van der Waals surface area contributed by atoms with E-state index in [1.807, 2.05) is 0 Å². The number of rotatable bonds is 1. The van der Waals surface area contributed by atoms with Crippen LogP contribution in [0.5, 0.6) is 0 Å². The number of halogens is 1. The van der Waals surface area contributed by atoms with Crippen LogP contribution in [0, 0.1) is 6.92 Å². The molecule has 0 saturated heterocycles. The Bertz CT molecular complexity index is 577. The Morgan fingerprint density at radius 2 is 2.27 bits per heavy atom. The maximum Gasteiger partial charge on any atom is 0.300 e. The second-order valence-corrected chi connectivity index (χ2v) is 3.26. The van der Waals surface area contributed by atoms with Gasteiger partial charge in [0.2, 0.25) is 0 Å². The van der Waals surface area contributed by atoms with E-state index >= 15 is 0 Å². The largest absolute Gasteiger partial charge is 0.392 e. The van der Waals surface area contributed by atoms with Gasteiger partial charge in [-0.15, -0.1) is 4.79 Å². The van der Waals surface area contributed by atoms with Crippen molar-refractivity contribution in [2.75, 3.05) is 0 Å².